The van der Waals surface area contributed by atoms with Crippen LogP contribution in [0, 0.1) is 5.92 Å². The fraction of sp³-hybridized carbons (Fsp3) is 0.667. The third-order valence-electron chi connectivity index (χ3n) is 3.60. The second kappa shape index (κ2) is 2.67. The number of carboxylic acids is 1. The van der Waals surface area contributed by atoms with Gasteiger partial charge in [0.15, 0.2) is 5.69 Å². The highest BCUT2D eigenvalue weighted by molar-refractivity contribution is 5.88. The van der Waals surface area contributed by atoms with E-state index in [1.54, 1.807) is 0 Å². The Morgan fingerprint density at radius 2 is 2.19 bits per heavy atom. The summed E-state index contributed by atoms with van der Waals surface area (Å²) in [4.78, 5) is 11.1. The summed E-state index contributed by atoms with van der Waals surface area (Å²) in [5, 5.41) is 13.5. The van der Waals surface area contributed by atoms with Gasteiger partial charge < -0.3 is 5.11 Å². The van der Waals surface area contributed by atoms with Crippen LogP contribution < -0.4 is 0 Å². The lowest BCUT2D eigenvalue weighted by Gasteiger charge is -2.22. The van der Waals surface area contributed by atoms with Gasteiger partial charge in [0.1, 0.15) is 0 Å². The van der Waals surface area contributed by atoms with Crippen LogP contribution in [0.25, 0.3) is 0 Å². The highest BCUT2D eigenvalue weighted by Gasteiger charge is 2.50. The van der Waals surface area contributed by atoms with Gasteiger partial charge >= 0.3 is 5.97 Å². The number of carboxylic acid groups (broad SMARTS) is 1. The lowest BCUT2D eigenvalue weighted by Crippen LogP contribution is -2.25. The summed E-state index contributed by atoms with van der Waals surface area (Å²) in [5.41, 5.74) is 2.32. The Hall–Kier alpha value is -1.32. The van der Waals surface area contributed by atoms with Crippen LogP contribution in [0.5, 0.6) is 0 Å². The number of nitrogens with zero attached hydrogens (tertiary/aromatic N) is 2. The predicted molar refractivity (Wildman–Crippen MR) is 58.7 cm³/mol. The van der Waals surface area contributed by atoms with Crippen LogP contribution in [0.15, 0.2) is 0 Å². The molecule has 2 aliphatic carbocycles. The molecule has 4 nitrogen and oxygen atoms in total. The molecule has 0 radical (unpaired) electrons. The Labute approximate surface area is 94.3 Å². The first-order chi connectivity index (χ1) is 7.39. The van der Waals surface area contributed by atoms with E-state index < -0.39 is 5.97 Å². The van der Waals surface area contributed by atoms with E-state index in [-0.39, 0.29) is 11.2 Å². The third kappa shape index (κ3) is 1.16. The minimum atomic E-state index is -0.888. The van der Waals surface area contributed by atoms with Gasteiger partial charge in [0.2, 0.25) is 0 Å². The van der Waals surface area contributed by atoms with E-state index in [1.807, 2.05) is 4.68 Å². The monoisotopic (exact) mass is 220 g/mol. The third-order valence-corrected chi connectivity index (χ3v) is 3.60. The van der Waals surface area contributed by atoms with Gasteiger partial charge in [-0.15, -0.1) is 0 Å². The molecule has 16 heavy (non-hydrogen) atoms. The molecule has 1 fully saturated rings. The molecule has 1 aromatic rings. The molecular weight excluding hydrogens is 204 g/mol. The highest BCUT2D eigenvalue weighted by atomic mass is 16.4. The zero-order valence-electron chi connectivity index (χ0n) is 9.82. The van der Waals surface area contributed by atoms with Crippen molar-refractivity contribution >= 4 is 5.97 Å². The van der Waals surface area contributed by atoms with Crippen molar-refractivity contribution in [3.63, 3.8) is 0 Å². The molecule has 2 aliphatic rings. The fourth-order valence-corrected chi connectivity index (χ4v) is 2.80. The zero-order chi connectivity index (χ0) is 11.7. The molecule has 1 aromatic heterocycles. The summed E-state index contributed by atoms with van der Waals surface area (Å²) in [6, 6.07) is 0. The number of carbonyl (C=O) groups is 1. The molecule has 1 saturated carbocycles. The van der Waals surface area contributed by atoms with Crippen molar-refractivity contribution < 1.29 is 9.90 Å². The molecule has 2 atom stereocenters. The van der Waals surface area contributed by atoms with Crippen molar-refractivity contribution in [3.05, 3.63) is 17.0 Å². The molecule has 0 bridgehead atoms. The van der Waals surface area contributed by atoms with Crippen molar-refractivity contribution in [2.24, 2.45) is 5.92 Å². The van der Waals surface area contributed by atoms with E-state index in [2.05, 4.69) is 25.9 Å². The number of aromatic carboxylic acids is 1. The van der Waals surface area contributed by atoms with Gasteiger partial charge in [-0.2, -0.15) is 5.10 Å². The Bertz CT molecular complexity index is 482. The SMILES string of the molecule is CC(C)(C)n1nc(C(=O)O)c2c1[C@@H]1C[C@@H]1C2. The minimum Gasteiger partial charge on any atom is -0.476 e. The molecule has 0 aromatic carbocycles. The Balaban J connectivity index is 2.20. The first-order valence-electron chi connectivity index (χ1n) is 5.75. The summed E-state index contributed by atoms with van der Waals surface area (Å²) in [7, 11) is 0. The van der Waals surface area contributed by atoms with Gasteiger partial charge in [0.25, 0.3) is 0 Å². The van der Waals surface area contributed by atoms with Crippen LogP contribution in [-0.2, 0) is 12.0 Å². The molecule has 0 aliphatic heterocycles. The average molecular weight is 220 g/mol. The Morgan fingerprint density at radius 1 is 1.50 bits per heavy atom. The van der Waals surface area contributed by atoms with Crippen LogP contribution in [0.1, 0.15) is 54.9 Å². The quantitative estimate of drug-likeness (QED) is 0.787. The largest absolute Gasteiger partial charge is 0.476 e. The summed E-state index contributed by atoms with van der Waals surface area (Å²) in [6.45, 7) is 6.21. The van der Waals surface area contributed by atoms with Crippen LogP contribution >= 0.6 is 0 Å². The second-order valence-electron chi connectivity index (χ2n) is 5.91. The first-order valence-corrected chi connectivity index (χ1v) is 5.75. The summed E-state index contributed by atoms with van der Waals surface area (Å²) < 4.78 is 1.93. The van der Waals surface area contributed by atoms with Gasteiger partial charge in [-0.3, -0.25) is 4.68 Å². The highest BCUT2D eigenvalue weighted by Crippen LogP contribution is 2.57. The Morgan fingerprint density at radius 3 is 2.75 bits per heavy atom. The number of fused-ring (bicyclic) bond motifs is 3. The van der Waals surface area contributed by atoms with Crippen molar-refractivity contribution in [2.75, 3.05) is 0 Å². The van der Waals surface area contributed by atoms with Crippen molar-refractivity contribution in [1.29, 1.82) is 0 Å². The normalized spacial score (nSPS) is 26.4. The lowest BCUT2D eigenvalue weighted by molar-refractivity contribution is 0.0687. The number of rotatable bonds is 1. The van der Waals surface area contributed by atoms with E-state index in [9.17, 15) is 4.79 Å². The van der Waals surface area contributed by atoms with Gasteiger partial charge in [-0.05, 0) is 39.5 Å². The molecule has 0 unspecified atom stereocenters. The summed E-state index contributed by atoms with van der Waals surface area (Å²) in [6.07, 6.45) is 2.13. The van der Waals surface area contributed by atoms with Gasteiger partial charge in [0, 0.05) is 17.2 Å². The predicted octanol–water partition coefficient (Wildman–Crippen LogP) is 2.00. The zero-order valence-corrected chi connectivity index (χ0v) is 9.82. The molecule has 0 spiro atoms. The molecule has 0 amide bonds. The number of hydrogen-bond acceptors (Lipinski definition) is 2. The van der Waals surface area contributed by atoms with Gasteiger partial charge in [-0.25, -0.2) is 4.79 Å². The van der Waals surface area contributed by atoms with E-state index in [0.29, 0.717) is 11.8 Å². The van der Waals surface area contributed by atoms with Gasteiger partial charge in [-0.1, -0.05) is 0 Å². The van der Waals surface area contributed by atoms with Crippen molar-refractivity contribution in [3.8, 4) is 0 Å². The van der Waals surface area contributed by atoms with E-state index >= 15 is 0 Å². The summed E-state index contributed by atoms with van der Waals surface area (Å²) in [5.74, 6) is 0.384. The molecule has 1 heterocycles. The van der Waals surface area contributed by atoms with Crippen LogP contribution in [0.3, 0.4) is 0 Å². The molecule has 0 saturated heterocycles. The fourth-order valence-electron chi connectivity index (χ4n) is 2.80. The van der Waals surface area contributed by atoms with Crippen LogP contribution in [0.2, 0.25) is 0 Å². The van der Waals surface area contributed by atoms with E-state index in [1.165, 1.54) is 12.1 Å². The Kier molecular flexibility index (Phi) is 1.65. The van der Waals surface area contributed by atoms with Gasteiger partial charge in [0.05, 0.1) is 5.54 Å². The van der Waals surface area contributed by atoms with Crippen LogP contribution in [0.4, 0.5) is 0 Å². The molecule has 86 valence electrons. The number of aromatic nitrogens is 2. The van der Waals surface area contributed by atoms with E-state index in [4.69, 9.17) is 5.11 Å². The topological polar surface area (TPSA) is 55.1 Å². The smallest absolute Gasteiger partial charge is 0.356 e. The molecule has 1 N–H and O–H groups in total. The minimum absolute atomic E-state index is 0.130. The molecular formula is C12H16N2O2. The molecule has 3 rings (SSSR count). The van der Waals surface area contributed by atoms with Crippen LogP contribution in [-0.4, -0.2) is 20.9 Å². The lowest BCUT2D eigenvalue weighted by atomic mass is 10.1. The first kappa shape index (κ1) is 9.87. The maximum Gasteiger partial charge on any atom is 0.356 e. The maximum atomic E-state index is 11.1. The molecule has 4 heteroatoms. The standard InChI is InChI=1S/C12H16N2O2/c1-12(2,3)14-10-7-4-6(7)5-8(10)9(13-14)11(15)16/h6-7H,4-5H2,1-3H3,(H,15,16)/t6-,7-/m1/s1. The number of hydrogen-bond donors (Lipinski definition) is 1. The average Bonchev–Trinajstić information content (AvgIpc) is 2.65. The van der Waals surface area contributed by atoms with E-state index in [0.717, 1.165) is 12.0 Å². The maximum absolute atomic E-state index is 11.1. The second-order valence-corrected chi connectivity index (χ2v) is 5.91. The van der Waals surface area contributed by atoms with Crippen molar-refractivity contribution in [2.45, 2.75) is 45.1 Å². The van der Waals surface area contributed by atoms with Crippen molar-refractivity contribution in [1.82, 2.24) is 9.78 Å². The summed E-state index contributed by atoms with van der Waals surface area (Å²) >= 11 is 0.